The standard InChI is InChI=1S/C25H24N4O2S2/c1-14-4-3-5-16(10-14)22-21(27-15(2)33-22)24(31)29-18(11-17-12-20(17)29)13-26-23(30)19-6-7-28-8-9-32-25(19)28/h3-10,17-18,20H,11-13H2,1-2H3,(H,26,30)/t17-,18+,20+/m1/s1. The average Bonchev–Trinajstić information content (AvgIpc) is 3.21. The number of nitrogens with one attached hydrogen (secondary N) is 1. The molecule has 6 rings (SSSR count). The van der Waals surface area contributed by atoms with Crippen LogP contribution in [-0.2, 0) is 0 Å². The Labute approximate surface area is 199 Å². The molecule has 6 nitrogen and oxygen atoms in total. The number of carbonyl (C=O) groups excluding carboxylic acids is 2. The number of piperidine rings is 1. The van der Waals surface area contributed by atoms with E-state index in [0.717, 1.165) is 38.7 Å². The Morgan fingerprint density at radius 1 is 1.18 bits per heavy atom. The molecule has 3 atom stereocenters. The highest BCUT2D eigenvalue weighted by atomic mass is 32.1. The number of likely N-dealkylation sites (tertiary alicyclic amines) is 1. The summed E-state index contributed by atoms with van der Waals surface area (Å²) >= 11 is 3.12. The number of benzene rings is 1. The number of rotatable bonds is 5. The number of aromatic nitrogens is 2. The fourth-order valence-corrected chi connectivity index (χ4v) is 6.81. The number of aryl methyl sites for hydroxylation is 2. The molecule has 1 saturated heterocycles. The zero-order valence-corrected chi connectivity index (χ0v) is 20.1. The monoisotopic (exact) mass is 476 g/mol. The van der Waals surface area contributed by atoms with Gasteiger partial charge in [0.25, 0.3) is 11.8 Å². The van der Waals surface area contributed by atoms with Crippen molar-refractivity contribution in [2.24, 2.45) is 5.92 Å². The van der Waals surface area contributed by atoms with Gasteiger partial charge in [0.15, 0.2) is 0 Å². The van der Waals surface area contributed by atoms with Gasteiger partial charge in [-0.15, -0.1) is 22.7 Å². The van der Waals surface area contributed by atoms with Gasteiger partial charge in [-0.25, -0.2) is 4.98 Å². The number of hydrogen-bond acceptors (Lipinski definition) is 5. The maximum Gasteiger partial charge on any atom is 0.274 e. The first-order valence-electron chi connectivity index (χ1n) is 11.2. The molecule has 2 amide bonds. The lowest BCUT2D eigenvalue weighted by molar-refractivity contribution is 0.0684. The molecule has 0 unspecified atom stereocenters. The predicted molar refractivity (Wildman–Crippen MR) is 131 cm³/mol. The Hall–Kier alpha value is -2.97. The summed E-state index contributed by atoms with van der Waals surface area (Å²) in [4.78, 5) is 35.1. The van der Waals surface area contributed by atoms with Crippen molar-refractivity contribution in [2.75, 3.05) is 6.54 Å². The highest BCUT2D eigenvalue weighted by molar-refractivity contribution is 7.16. The van der Waals surface area contributed by atoms with Crippen LogP contribution in [0.2, 0.25) is 0 Å². The molecule has 1 saturated carbocycles. The molecule has 3 aromatic heterocycles. The molecule has 4 heterocycles. The van der Waals surface area contributed by atoms with E-state index in [4.69, 9.17) is 0 Å². The van der Waals surface area contributed by atoms with E-state index in [1.807, 2.05) is 52.2 Å². The van der Waals surface area contributed by atoms with Crippen molar-refractivity contribution in [3.8, 4) is 10.4 Å². The quantitative estimate of drug-likeness (QED) is 0.451. The van der Waals surface area contributed by atoms with E-state index in [2.05, 4.69) is 29.4 Å². The molecule has 8 heteroatoms. The van der Waals surface area contributed by atoms with E-state index in [9.17, 15) is 9.59 Å². The second-order valence-corrected chi connectivity index (χ2v) is 11.1. The van der Waals surface area contributed by atoms with Crippen LogP contribution in [0.4, 0.5) is 0 Å². The maximum atomic E-state index is 13.8. The van der Waals surface area contributed by atoms with Crippen LogP contribution in [0.25, 0.3) is 15.3 Å². The fourth-order valence-electron chi connectivity index (χ4n) is 5.05. The molecule has 4 aromatic rings. The van der Waals surface area contributed by atoms with E-state index < -0.39 is 0 Å². The van der Waals surface area contributed by atoms with Crippen molar-refractivity contribution in [1.29, 1.82) is 0 Å². The van der Waals surface area contributed by atoms with Gasteiger partial charge in [-0.3, -0.25) is 9.59 Å². The lowest BCUT2D eigenvalue weighted by Gasteiger charge is -2.27. The SMILES string of the molecule is Cc1cccc(-c2sc(C)nc2C(=O)N2[C@H](CNC(=O)c3ccn4ccsc34)C[C@@H]3C[C@@H]32)c1. The van der Waals surface area contributed by atoms with E-state index in [0.29, 0.717) is 23.7 Å². The Morgan fingerprint density at radius 3 is 2.91 bits per heavy atom. The maximum absolute atomic E-state index is 13.8. The second kappa shape index (κ2) is 7.81. The predicted octanol–water partition coefficient (Wildman–Crippen LogP) is 4.77. The van der Waals surface area contributed by atoms with Gasteiger partial charge in [-0.2, -0.15) is 0 Å². The molecule has 0 radical (unpaired) electrons. The Bertz CT molecular complexity index is 1380. The molecular weight excluding hydrogens is 452 g/mol. The number of nitrogens with zero attached hydrogens (tertiary/aromatic N) is 3. The summed E-state index contributed by atoms with van der Waals surface area (Å²) in [5.41, 5.74) is 3.42. The summed E-state index contributed by atoms with van der Waals surface area (Å²) in [5.74, 6) is 0.444. The Morgan fingerprint density at radius 2 is 2.06 bits per heavy atom. The summed E-state index contributed by atoms with van der Waals surface area (Å²) in [6.07, 6.45) is 5.83. The lowest BCUT2D eigenvalue weighted by atomic mass is 10.1. The first-order chi connectivity index (χ1) is 16.0. The lowest BCUT2D eigenvalue weighted by Crippen LogP contribution is -2.45. The van der Waals surface area contributed by atoms with Crippen LogP contribution >= 0.6 is 22.7 Å². The summed E-state index contributed by atoms with van der Waals surface area (Å²) in [6, 6.07) is 10.3. The van der Waals surface area contributed by atoms with Gasteiger partial charge in [0.2, 0.25) is 0 Å². The third-order valence-corrected chi connectivity index (χ3v) is 8.60. The van der Waals surface area contributed by atoms with Gasteiger partial charge >= 0.3 is 0 Å². The van der Waals surface area contributed by atoms with Gasteiger partial charge in [0.1, 0.15) is 10.5 Å². The largest absolute Gasteiger partial charge is 0.350 e. The van der Waals surface area contributed by atoms with E-state index in [-0.39, 0.29) is 23.9 Å². The first-order valence-corrected chi connectivity index (χ1v) is 12.9. The van der Waals surface area contributed by atoms with E-state index >= 15 is 0 Å². The zero-order valence-electron chi connectivity index (χ0n) is 18.4. The van der Waals surface area contributed by atoms with Crippen LogP contribution in [0.1, 0.15) is 44.3 Å². The summed E-state index contributed by atoms with van der Waals surface area (Å²) in [5, 5.41) is 5.95. The topological polar surface area (TPSA) is 66.7 Å². The van der Waals surface area contributed by atoms with E-state index in [1.54, 1.807) is 22.7 Å². The van der Waals surface area contributed by atoms with Gasteiger partial charge in [-0.05, 0) is 44.2 Å². The van der Waals surface area contributed by atoms with Crippen molar-refractivity contribution >= 4 is 39.3 Å². The zero-order chi connectivity index (χ0) is 22.7. The third kappa shape index (κ3) is 3.57. The van der Waals surface area contributed by atoms with Crippen molar-refractivity contribution in [3.63, 3.8) is 0 Å². The van der Waals surface area contributed by atoms with Crippen LogP contribution in [0.15, 0.2) is 48.1 Å². The van der Waals surface area contributed by atoms with Crippen LogP contribution in [0.5, 0.6) is 0 Å². The Balaban J connectivity index is 1.23. The van der Waals surface area contributed by atoms with Crippen molar-refractivity contribution in [2.45, 2.75) is 38.8 Å². The van der Waals surface area contributed by atoms with Crippen LogP contribution < -0.4 is 5.32 Å². The first kappa shape index (κ1) is 20.6. The molecule has 0 bridgehead atoms. The average molecular weight is 477 g/mol. The van der Waals surface area contributed by atoms with Crippen molar-refractivity contribution in [1.82, 2.24) is 19.6 Å². The molecule has 168 valence electrons. The highest BCUT2D eigenvalue weighted by Gasteiger charge is 2.54. The van der Waals surface area contributed by atoms with Crippen molar-refractivity contribution < 1.29 is 9.59 Å². The molecule has 1 N–H and O–H groups in total. The van der Waals surface area contributed by atoms with Gasteiger partial charge < -0.3 is 14.6 Å². The molecule has 1 aliphatic heterocycles. The molecule has 1 aromatic carbocycles. The van der Waals surface area contributed by atoms with E-state index in [1.165, 1.54) is 0 Å². The number of carbonyl (C=O) groups is 2. The molecule has 1 aliphatic carbocycles. The normalized spacial score (nSPS) is 21.4. The molecule has 2 aliphatic rings. The molecular formula is C25H24N4O2S2. The minimum absolute atomic E-state index is 0.000919. The fraction of sp³-hybridized carbons (Fsp3) is 0.320. The minimum atomic E-state index is -0.0853. The number of amides is 2. The van der Waals surface area contributed by atoms with Crippen LogP contribution in [-0.4, -0.2) is 44.7 Å². The molecule has 2 fully saturated rings. The van der Waals surface area contributed by atoms with Crippen LogP contribution in [0.3, 0.4) is 0 Å². The number of hydrogen-bond donors (Lipinski definition) is 1. The molecule has 0 spiro atoms. The van der Waals surface area contributed by atoms with Gasteiger partial charge in [0, 0.05) is 30.4 Å². The summed E-state index contributed by atoms with van der Waals surface area (Å²) in [7, 11) is 0. The minimum Gasteiger partial charge on any atom is -0.350 e. The number of thiazole rings is 2. The Kier molecular flexibility index (Phi) is 4.88. The number of fused-ring (bicyclic) bond motifs is 2. The third-order valence-electron chi connectivity index (χ3n) is 6.67. The highest BCUT2D eigenvalue weighted by Crippen LogP contribution is 2.48. The summed E-state index contributed by atoms with van der Waals surface area (Å²) < 4.78 is 1.96. The summed E-state index contributed by atoms with van der Waals surface area (Å²) in [6.45, 7) is 4.47. The smallest absolute Gasteiger partial charge is 0.274 e. The molecule has 33 heavy (non-hydrogen) atoms. The second-order valence-electron chi connectivity index (χ2n) is 9.00. The van der Waals surface area contributed by atoms with Crippen molar-refractivity contribution in [3.05, 3.63) is 69.9 Å². The van der Waals surface area contributed by atoms with Crippen LogP contribution in [0, 0.1) is 19.8 Å². The van der Waals surface area contributed by atoms with Gasteiger partial charge in [0.05, 0.1) is 21.5 Å². The van der Waals surface area contributed by atoms with Gasteiger partial charge in [-0.1, -0.05) is 29.8 Å².